The Kier molecular flexibility index (Phi) is 1.63. The fourth-order valence-corrected chi connectivity index (χ4v) is 1.32. The minimum absolute atomic E-state index is 0.371. The molecule has 0 aromatic carbocycles. The van der Waals surface area contributed by atoms with Gasteiger partial charge in [0, 0.05) is 23.9 Å². The topological polar surface area (TPSA) is 49.9 Å². The van der Waals surface area contributed by atoms with Crippen LogP contribution in [0.2, 0.25) is 0 Å². The fourth-order valence-electron chi connectivity index (χ4n) is 1.32. The van der Waals surface area contributed by atoms with Gasteiger partial charge in [-0.25, -0.2) is 4.98 Å². The number of H-pyrrole nitrogens is 1. The van der Waals surface area contributed by atoms with Crippen molar-refractivity contribution in [3.8, 4) is 0 Å². The predicted octanol–water partition coefficient (Wildman–Crippen LogP) is 0.417. The first-order valence-electron chi connectivity index (χ1n) is 3.73. The number of hydrogen-bond donors (Lipinski definition) is 2. The number of hydroxylamine groups is 1. The Hall–Kier alpha value is -0.870. The second-order valence-corrected chi connectivity index (χ2v) is 2.83. The summed E-state index contributed by atoms with van der Waals surface area (Å²) in [6.07, 6.45) is 3.54. The lowest BCUT2D eigenvalue weighted by atomic mass is 10.0. The second kappa shape index (κ2) is 2.64. The molecule has 0 bridgehead atoms. The lowest BCUT2D eigenvalue weighted by molar-refractivity contribution is 0.0898. The summed E-state index contributed by atoms with van der Waals surface area (Å²) in [6, 6.07) is 0.371. The zero-order valence-corrected chi connectivity index (χ0v) is 6.37. The standard InChI is InChI=1S/C7H11N3O/c1-5-6(3-11-10-5)7-2-8-4-9-7/h2,4-6,10H,3H2,1H3,(H,8,9)/t5-,6?/m0/s1. The van der Waals surface area contributed by atoms with E-state index in [0.717, 1.165) is 12.3 Å². The molecule has 1 aromatic rings. The molecule has 2 atom stereocenters. The van der Waals surface area contributed by atoms with Gasteiger partial charge in [0.1, 0.15) is 0 Å². The van der Waals surface area contributed by atoms with Crippen LogP contribution in [0.4, 0.5) is 0 Å². The average Bonchev–Trinajstić information content (AvgIpc) is 2.55. The highest BCUT2D eigenvalue weighted by Crippen LogP contribution is 2.21. The van der Waals surface area contributed by atoms with Gasteiger partial charge in [-0.15, -0.1) is 0 Å². The van der Waals surface area contributed by atoms with E-state index in [1.165, 1.54) is 0 Å². The quantitative estimate of drug-likeness (QED) is 0.614. The van der Waals surface area contributed by atoms with Gasteiger partial charge in [0.2, 0.25) is 0 Å². The molecule has 4 nitrogen and oxygen atoms in total. The van der Waals surface area contributed by atoms with Crippen molar-refractivity contribution in [1.82, 2.24) is 15.4 Å². The van der Waals surface area contributed by atoms with Crippen molar-refractivity contribution in [3.63, 3.8) is 0 Å². The lowest BCUT2D eigenvalue weighted by Crippen LogP contribution is -2.21. The van der Waals surface area contributed by atoms with Crippen molar-refractivity contribution >= 4 is 0 Å². The Balaban J connectivity index is 2.16. The first-order chi connectivity index (χ1) is 5.38. The second-order valence-electron chi connectivity index (χ2n) is 2.83. The highest BCUT2D eigenvalue weighted by Gasteiger charge is 2.26. The molecule has 2 N–H and O–H groups in total. The maximum absolute atomic E-state index is 5.10. The van der Waals surface area contributed by atoms with E-state index in [4.69, 9.17) is 4.84 Å². The van der Waals surface area contributed by atoms with Gasteiger partial charge >= 0.3 is 0 Å². The van der Waals surface area contributed by atoms with Gasteiger partial charge in [0.15, 0.2) is 0 Å². The molecule has 60 valence electrons. The van der Waals surface area contributed by atoms with Crippen LogP contribution in [0.1, 0.15) is 18.5 Å². The van der Waals surface area contributed by atoms with E-state index in [9.17, 15) is 0 Å². The first kappa shape index (κ1) is 6.82. The molecule has 1 aliphatic rings. The molecule has 0 aliphatic carbocycles. The van der Waals surface area contributed by atoms with Crippen LogP contribution in [0.25, 0.3) is 0 Å². The summed E-state index contributed by atoms with van der Waals surface area (Å²) in [5, 5.41) is 0. The molecule has 1 fully saturated rings. The molecule has 4 heteroatoms. The first-order valence-corrected chi connectivity index (χ1v) is 3.73. The highest BCUT2D eigenvalue weighted by atomic mass is 16.7. The average molecular weight is 153 g/mol. The number of hydrogen-bond acceptors (Lipinski definition) is 3. The van der Waals surface area contributed by atoms with Gasteiger partial charge in [-0.05, 0) is 6.92 Å². The van der Waals surface area contributed by atoms with Crippen LogP contribution in [-0.4, -0.2) is 22.6 Å². The van der Waals surface area contributed by atoms with Crippen molar-refractivity contribution in [1.29, 1.82) is 0 Å². The highest BCUT2D eigenvalue weighted by molar-refractivity contribution is 5.07. The molecule has 0 radical (unpaired) electrons. The van der Waals surface area contributed by atoms with Crippen LogP contribution in [0, 0.1) is 0 Å². The van der Waals surface area contributed by atoms with Gasteiger partial charge in [0.05, 0.1) is 12.9 Å². The van der Waals surface area contributed by atoms with Crippen LogP contribution in [-0.2, 0) is 4.84 Å². The summed E-state index contributed by atoms with van der Waals surface area (Å²) < 4.78 is 0. The van der Waals surface area contributed by atoms with E-state index < -0.39 is 0 Å². The molecule has 2 heterocycles. The summed E-state index contributed by atoms with van der Waals surface area (Å²) >= 11 is 0. The van der Waals surface area contributed by atoms with Crippen LogP contribution in [0.15, 0.2) is 12.5 Å². The summed E-state index contributed by atoms with van der Waals surface area (Å²) in [5.41, 5.74) is 4.05. The minimum atomic E-state index is 0.371. The molecule has 0 spiro atoms. The molecule has 1 unspecified atom stereocenters. The van der Waals surface area contributed by atoms with Crippen molar-refractivity contribution in [3.05, 3.63) is 18.2 Å². The summed E-state index contributed by atoms with van der Waals surface area (Å²) in [7, 11) is 0. The van der Waals surface area contributed by atoms with Gasteiger partial charge in [-0.2, -0.15) is 5.48 Å². The van der Waals surface area contributed by atoms with Gasteiger partial charge < -0.3 is 9.82 Å². The van der Waals surface area contributed by atoms with Crippen LogP contribution < -0.4 is 5.48 Å². The van der Waals surface area contributed by atoms with Crippen molar-refractivity contribution < 1.29 is 4.84 Å². The summed E-state index contributed by atoms with van der Waals surface area (Å²) in [4.78, 5) is 12.1. The van der Waals surface area contributed by atoms with Gasteiger partial charge in [0.25, 0.3) is 0 Å². The number of nitrogens with zero attached hydrogens (tertiary/aromatic N) is 1. The van der Waals surface area contributed by atoms with Crippen molar-refractivity contribution in [2.75, 3.05) is 6.61 Å². The van der Waals surface area contributed by atoms with Crippen molar-refractivity contribution in [2.24, 2.45) is 0 Å². The molecule has 0 amide bonds. The number of imidazole rings is 1. The van der Waals surface area contributed by atoms with Crippen LogP contribution in [0.3, 0.4) is 0 Å². The van der Waals surface area contributed by atoms with Gasteiger partial charge in [-0.1, -0.05) is 0 Å². The molecule has 0 saturated carbocycles. The molecule has 2 rings (SSSR count). The van der Waals surface area contributed by atoms with E-state index >= 15 is 0 Å². The molecule has 1 aromatic heterocycles. The summed E-state index contributed by atoms with van der Waals surface area (Å²) in [5.74, 6) is 0.414. The third-order valence-corrected chi connectivity index (χ3v) is 2.05. The normalized spacial score (nSPS) is 31.0. The SMILES string of the molecule is C[C@@H]1NOCC1c1cnc[nH]1. The maximum Gasteiger partial charge on any atom is 0.0921 e. The van der Waals surface area contributed by atoms with E-state index in [1.807, 2.05) is 6.20 Å². The fraction of sp³-hybridized carbons (Fsp3) is 0.571. The minimum Gasteiger partial charge on any atom is -0.348 e. The predicted molar refractivity (Wildman–Crippen MR) is 39.9 cm³/mol. The van der Waals surface area contributed by atoms with E-state index in [-0.39, 0.29) is 0 Å². The smallest absolute Gasteiger partial charge is 0.0921 e. The van der Waals surface area contributed by atoms with E-state index in [1.54, 1.807) is 6.33 Å². The number of aromatic nitrogens is 2. The third-order valence-electron chi connectivity index (χ3n) is 2.05. The lowest BCUT2D eigenvalue weighted by Gasteiger charge is -2.08. The van der Waals surface area contributed by atoms with E-state index in [0.29, 0.717) is 12.0 Å². The number of rotatable bonds is 1. The number of nitrogens with one attached hydrogen (secondary N) is 2. The molecular formula is C7H11N3O. The Labute approximate surface area is 64.9 Å². The van der Waals surface area contributed by atoms with Crippen LogP contribution in [0.5, 0.6) is 0 Å². The van der Waals surface area contributed by atoms with Gasteiger partial charge in [-0.3, -0.25) is 0 Å². The Morgan fingerprint density at radius 2 is 2.64 bits per heavy atom. The zero-order chi connectivity index (χ0) is 7.68. The molecule has 1 saturated heterocycles. The molecule has 1 aliphatic heterocycles. The third kappa shape index (κ3) is 1.15. The molecule has 11 heavy (non-hydrogen) atoms. The van der Waals surface area contributed by atoms with Crippen LogP contribution >= 0.6 is 0 Å². The monoisotopic (exact) mass is 153 g/mol. The zero-order valence-electron chi connectivity index (χ0n) is 6.37. The largest absolute Gasteiger partial charge is 0.348 e. The summed E-state index contributed by atoms with van der Waals surface area (Å²) in [6.45, 7) is 2.82. The maximum atomic E-state index is 5.10. The Morgan fingerprint density at radius 3 is 3.18 bits per heavy atom. The Bertz CT molecular complexity index is 222. The van der Waals surface area contributed by atoms with Crippen molar-refractivity contribution in [2.45, 2.75) is 18.9 Å². The Morgan fingerprint density at radius 1 is 1.73 bits per heavy atom. The number of aromatic amines is 1. The van der Waals surface area contributed by atoms with E-state index in [2.05, 4.69) is 22.4 Å². The molecular weight excluding hydrogens is 142 g/mol.